The lowest BCUT2D eigenvalue weighted by atomic mass is 10.3. The second-order valence-corrected chi connectivity index (χ2v) is 4.99. The predicted molar refractivity (Wildman–Crippen MR) is 81.8 cm³/mol. The van der Waals surface area contributed by atoms with Gasteiger partial charge in [0.2, 0.25) is 0 Å². The molecule has 0 spiro atoms. The molecule has 1 heterocycles. The number of halogens is 1. The van der Waals surface area contributed by atoms with Crippen molar-refractivity contribution >= 4 is 28.4 Å². The molecule has 0 aliphatic carbocycles. The van der Waals surface area contributed by atoms with Gasteiger partial charge >= 0.3 is 5.76 Å². The summed E-state index contributed by atoms with van der Waals surface area (Å²) in [5.74, 6) is 0.274. The standard InChI is InChI=1S/C15H13ClN2O3/c16-10-1-6-14-13(9-10)18(15(19)21-14)7-8-20-12-4-2-11(17)3-5-12/h1-6,9H,7-8,17H2. The summed E-state index contributed by atoms with van der Waals surface area (Å²) in [4.78, 5) is 11.8. The molecule has 108 valence electrons. The molecule has 0 saturated heterocycles. The Kier molecular flexibility index (Phi) is 3.58. The first-order valence-corrected chi connectivity index (χ1v) is 6.78. The number of anilines is 1. The number of fused-ring (bicyclic) bond motifs is 1. The normalized spacial score (nSPS) is 10.9. The van der Waals surface area contributed by atoms with E-state index < -0.39 is 5.76 Å². The number of nitrogens with two attached hydrogens (primary N) is 1. The molecule has 3 rings (SSSR count). The Labute approximate surface area is 125 Å². The minimum Gasteiger partial charge on any atom is -0.492 e. The Morgan fingerprint density at radius 1 is 1.19 bits per heavy atom. The van der Waals surface area contributed by atoms with E-state index in [9.17, 15) is 4.79 Å². The Morgan fingerprint density at radius 3 is 2.71 bits per heavy atom. The SMILES string of the molecule is Nc1ccc(OCCn2c(=O)oc3ccc(Cl)cc32)cc1. The monoisotopic (exact) mass is 304 g/mol. The number of oxazole rings is 1. The third-order valence-corrected chi connectivity index (χ3v) is 3.33. The Bertz CT molecular complexity index is 821. The average molecular weight is 305 g/mol. The van der Waals surface area contributed by atoms with Gasteiger partial charge in [-0.05, 0) is 42.5 Å². The van der Waals surface area contributed by atoms with Crippen molar-refractivity contribution in [1.29, 1.82) is 0 Å². The smallest absolute Gasteiger partial charge is 0.420 e. The van der Waals surface area contributed by atoms with Crippen molar-refractivity contribution in [2.75, 3.05) is 12.3 Å². The summed E-state index contributed by atoms with van der Waals surface area (Å²) in [6.45, 7) is 0.710. The van der Waals surface area contributed by atoms with Gasteiger partial charge in [-0.3, -0.25) is 4.57 Å². The number of nitrogen functional groups attached to an aromatic ring is 1. The van der Waals surface area contributed by atoms with Crippen molar-refractivity contribution in [3.05, 3.63) is 58.0 Å². The number of hydrogen-bond donors (Lipinski definition) is 1. The van der Waals surface area contributed by atoms with E-state index in [-0.39, 0.29) is 0 Å². The fourth-order valence-electron chi connectivity index (χ4n) is 2.07. The van der Waals surface area contributed by atoms with Gasteiger partial charge < -0.3 is 14.9 Å². The van der Waals surface area contributed by atoms with Gasteiger partial charge in [0.15, 0.2) is 5.58 Å². The zero-order valence-electron chi connectivity index (χ0n) is 11.1. The highest BCUT2D eigenvalue weighted by Gasteiger charge is 2.09. The second-order valence-electron chi connectivity index (χ2n) is 4.55. The van der Waals surface area contributed by atoms with Crippen LogP contribution in [0.2, 0.25) is 5.02 Å². The van der Waals surface area contributed by atoms with E-state index in [1.54, 1.807) is 42.5 Å². The molecule has 0 aliphatic heterocycles. The first kappa shape index (κ1) is 13.6. The lowest BCUT2D eigenvalue weighted by Gasteiger charge is -2.06. The van der Waals surface area contributed by atoms with Crippen molar-refractivity contribution in [1.82, 2.24) is 4.57 Å². The second kappa shape index (κ2) is 5.54. The molecule has 0 aliphatic rings. The molecule has 2 aromatic carbocycles. The van der Waals surface area contributed by atoms with Crippen LogP contribution >= 0.6 is 11.6 Å². The van der Waals surface area contributed by atoms with Crippen LogP contribution in [-0.4, -0.2) is 11.2 Å². The van der Waals surface area contributed by atoms with Crippen LogP contribution in [0.15, 0.2) is 51.7 Å². The maximum atomic E-state index is 11.8. The van der Waals surface area contributed by atoms with Crippen LogP contribution in [0.4, 0.5) is 5.69 Å². The van der Waals surface area contributed by atoms with Crippen LogP contribution in [0.1, 0.15) is 0 Å². The topological polar surface area (TPSA) is 70.4 Å². The first-order chi connectivity index (χ1) is 10.1. The Morgan fingerprint density at radius 2 is 1.95 bits per heavy atom. The van der Waals surface area contributed by atoms with Crippen molar-refractivity contribution in [2.24, 2.45) is 0 Å². The molecule has 0 saturated carbocycles. The predicted octanol–water partition coefficient (Wildman–Crippen LogP) is 2.91. The summed E-state index contributed by atoms with van der Waals surface area (Å²) in [5.41, 5.74) is 7.45. The Hall–Kier alpha value is -2.40. The average Bonchev–Trinajstić information content (AvgIpc) is 2.77. The maximum absolute atomic E-state index is 11.8. The number of aromatic nitrogens is 1. The van der Waals surface area contributed by atoms with Gasteiger partial charge in [-0.1, -0.05) is 11.6 Å². The molecule has 0 fully saturated rings. The number of rotatable bonds is 4. The van der Waals surface area contributed by atoms with Crippen LogP contribution in [-0.2, 0) is 6.54 Å². The molecule has 0 atom stereocenters. The van der Waals surface area contributed by atoms with Crippen LogP contribution in [0, 0.1) is 0 Å². The van der Waals surface area contributed by atoms with E-state index in [4.69, 9.17) is 26.5 Å². The summed E-state index contributed by atoms with van der Waals surface area (Å²) in [6, 6.07) is 12.1. The van der Waals surface area contributed by atoms with Gasteiger partial charge in [-0.2, -0.15) is 0 Å². The molecule has 3 aromatic rings. The van der Waals surface area contributed by atoms with Crippen molar-refractivity contribution in [2.45, 2.75) is 6.54 Å². The molecule has 21 heavy (non-hydrogen) atoms. The Balaban J connectivity index is 1.76. The highest BCUT2D eigenvalue weighted by Crippen LogP contribution is 2.18. The summed E-state index contributed by atoms with van der Waals surface area (Å²) in [7, 11) is 0. The minimum absolute atomic E-state index is 0.338. The van der Waals surface area contributed by atoms with Crippen LogP contribution in [0.25, 0.3) is 11.1 Å². The van der Waals surface area contributed by atoms with E-state index in [1.807, 2.05) is 0 Å². The third kappa shape index (κ3) is 2.87. The summed E-state index contributed by atoms with van der Waals surface area (Å²) in [5, 5.41) is 0.552. The maximum Gasteiger partial charge on any atom is 0.420 e. The lowest BCUT2D eigenvalue weighted by Crippen LogP contribution is -2.18. The number of benzene rings is 2. The zero-order valence-corrected chi connectivity index (χ0v) is 11.8. The number of hydrogen-bond acceptors (Lipinski definition) is 4. The highest BCUT2D eigenvalue weighted by molar-refractivity contribution is 6.31. The van der Waals surface area contributed by atoms with Crippen LogP contribution in [0.3, 0.4) is 0 Å². The van der Waals surface area contributed by atoms with Gasteiger partial charge in [0.25, 0.3) is 0 Å². The lowest BCUT2D eigenvalue weighted by molar-refractivity contribution is 0.294. The number of nitrogens with zero attached hydrogens (tertiary/aromatic N) is 1. The molecule has 1 aromatic heterocycles. The van der Waals surface area contributed by atoms with Gasteiger partial charge in [-0.25, -0.2) is 4.79 Å². The first-order valence-electron chi connectivity index (χ1n) is 6.41. The molecule has 5 nitrogen and oxygen atoms in total. The van der Waals surface area contributed by atoms with Crippen LogP contribution in [0.5, 0.6) is 5.75 Å². The highest BCUT2D eigenvalue weighted by atomic mass is 35.5. The van der Waals surface area contributed by atoms with E-state index in [0.717, 1.165) is 0 Å². The molecule has 6 heteroatoms. The zero-order chi connectivity index (χ0) is 14.8. The molecule has 0 bridgehead atoms. The van der Waals surface area contributed by atoms with E-state index >= 15 is 0 Å². The van der Waals surface area contributed by atoms with Crippen LogP contribution < -0.4 is 16.2 Å². The van der Waals surface area contributed by atoms with Crippen molar-refractivity contribution in [3.63, 3.8) is 0 Å². The fourth-order valence-corrected chi connectivity index (χ4v) is 2.23. The van der Waals surface area contributed by atoms with Gasteiger partial charge in [0, 0.05) is 10.7 Å². The van der Waals surface area contributed by atoms with E-state index in [0.29, 0.717) is 40.7 Å². The minimum atomic E-state index is -0.423. The largest absolute Gasteiger partial charge is 0.492 e. The van der Waals surface area contributed by atoms with Gasteiger partial charge in [0.05, 0.1) is 12.1 Å². The van der Waals surface area contributed by atoms with E-state index in [2.05, 4.69) is 0 Å². The van der Waals surface area contributed by atoms with Crippen molar-refractivity contribution < 1.29 is 9.15 Å². The quantitative estimate of drug-likeness (QED) is 0.752. The molecule has 2 N–H and O–H groups in total. The van der Waals surface area contributed by atoms with Gasteiger partial charge in [0.1, 0.15) is 12.4 Å². The fraction of sp³-hybridized carbons (Fsp3) is 0.133. The summed E-state index contributed by atoms with van der Waals surface area (Å²) < 4.78 is 12.2. The number of ether oxygens (including phenoxy) is 1. The molecule has 0 amide bonds. The molecular formula is C15H13ClN2O3. The van der Waals surface area contributed by atoms with E-state index in [1.165, 1.54) is 4.57 Å². The van der Waals surface area contributed by atoms with Gasteiger partial charge in [-0.15, -0.1) is 0 Å². The van der Waals surface area contributed by atoms with Crippen molar-refractivity contribution in [3.8, 4) is 5.75 Å². The molecular weight excluding hydrogens is 292 g/mol. The molecule has 0 radical (unpaired) electrons. The third-order valence-electron chi connectivity index (χ3n) is 3.09. The summed E-state index contributed by atoms with van der Waals surface area (Å²) in [6.07, 6.45) is 0. The summed E-state index contributed by atoms with van der Waals surface area (Å²) >= 11 is 5.94. The molecule has 0 unspecified atom stereocenters.